The maximum atomic E-state index is 11.8. The molecule has 3 nitrogen and oxygen atoms in total. The molecule has 0 bridgehead atoms. The fraction of sp³-hybridized carbons (Fsp3) is 0.800. The summed E-state index contributed by atoms with van der Waals surface area (Å²) in [5, 5.41) is 2.79. The molecule has 1 aliphatic carbocycles. The van der Waals surface area contributed by atoms with Crippen molar-refractivity contribution in [3.8, 4) is 0 Å². The summed E-state index contributed by atoms with van der Waals surface area (Å²) < 4.78 is 0. The quantitative estimate of drug-likeness (QED) is 0.697. The number of amides is 1. The molecule has 0 heterocycles. The smallest absolute Gasteiger partial charge is 0.226 e. The van der Waals surface area contributed by atoms with Crippen LogP contribution in [0.5, 0.6) is 0 Å². The summed E-state index contributed by atoms with van der Waals surface area (Å²) in [4.78, 5) is 12.1. The van der Waals surface area contributed by atoms with E-state index in [1.807, 2.05) is 6.92 Å². The maximum Gasteiger partial charge on any atom is 0.226 e. The molecule has 0 atom stereocenters. The number of nitrogens with two attached hydrogens (primary N) is 1. The molecule has 0 unspecified atom stereocenters. The van der Waals surface area contributed by atoms with Gasteiger partial charge in [-0.15, -0.1) is 0 Å². The van der Waals surface area contributed by atoms with Crippen LogP contribution >= 0.6 is 12.2 Å². The first-order valence-electron chi connectivity index (χ1n) is 5.11. The van der Waals surface area contributed by atoms with Gasteiger partial charge in [-0.25, -0.2) is 0 Å². The van der Waals surface area contributed by atoms with Gasteiger partial charge in [-0.1, -0.05) is 38.4 Å². The van der Waals surface area contributed by atoms with Crippen molar-refractivity contribution in [3.63, 3.8) is 0 Å². The largest absolute Gasteiger partial charge is 0.392 e. The molecule has 80 valence electrons. The molecular formula is C10H18N2OS. The summed E-state index contributed by atoms with van der Waals surface area (Å²) in [6.45, 7) is 2.35. The third-order valence-electron chi connectivity index (χ3n) is 2.93. The predicted octanol–water partition coefficient (Wildman–Crippen LogP) is 1.36. The Hall–Kier alpha value is -0.640. The first-order chi connectivity index (χ1) is 6.54. The molecule has 0 saturated heterocycles. The molecule has 1 saturated carbocycles. The Morgan fingerprint density at radius 3 is 2.50 bits per heavy atom. The summed E-state index contributed by atoms with van der Waals surface area (Å²) in [6.07, 6.45) is 5.51. The Labute approximate surface area is 90.4 Å². The number of carbonyl (C=O) groups excluding carboxylic acids is 1. The van der Waals surface area contributed by atoms with E-state index in [4.69, 9.17) is 18.0 Å². The van der Waals surface area contributed by atoms with E-state index >= 15 is 0 Å². The number of rotatable bonds is 3. The van der Waals surface area contributed by atoms with Gasteiger partial charge in [-0.2, -0.15) is 0 Å². The normalized spacial score (nSPS) is 20.1. The highest BCUT2D eigenvalue weighted by Crippen LogP contribution is 2.35. The molecule has 14 heavy (non-hydrogen) atoms. The number of thiocarbonyl (C=S) groups is 1. The van der Waals surface area contributed by atoms with E-state index in [0.717, 1.165) is 25.7 Å². The summed E-state index contributed by atoms with van der Waals surface area (Å²) in [5.41, 5.74) is 5.14. The molecule has 0 aromatic heterocycles. The van der Waals surface area contributed by atoms with E-state index in [9.17, 15) is 4.79 Å². The van der Waals surface area contributed by atoms with Crippen LogP contribution in [-0.2, 0) is 4.79 Å². The molecule has 1 fully saturated rings. The standard InChI is InChI=1S/C10H18N2OS/c1-10(5-3-2-4-6-10)9(13)12-7-8(11)14/h2-7H2,1H3,(H2,11,14)(H,12,13). The zero-order chi connectivity index (χ0) is 10.6. The number of nitrogens with one attached hydrogen (secondary N) is 1. The van der Waals surface area contributed by atoms with Crippen LogP contribution in [-0.4, -0.2) is 17.4 Å². The van der Waals surface area contributed by atoms with Crippen molar-refractivity contribution in [2.75, 3.05) is 6.54 Å². The Kier molecular flexibility index (Phi) is 3.86. The van der Waals surface area contributed by atoms with Crippen molar-refractivity contribution in [1.29, 1.82) is 0 Å². The Bertz CT molecular complexity index is 234. The molecule has 3 N–H and O–H groups in total. The lowest BCUT2D eigenvalue weighted by Crippen LogP contribution is -2.43. The van der Waals surface area contributed by atoms with E-state index in [1.54, 1.807) is 0 Å². The summed E-state index contributed by atoms with van der Waals surface area (Å²) in [5.74, 6) is 0.102. The average Bonchev–Trinajstić information content (AvgIpc) is 2.15. The van der Waals surface area contributed by atoms with Crippen molar-refractivity contribution >= 4 is 23.1 Å². The van der Waals surface area contributed by atoms with Gasteiger partial charge in [0.15, 0.2) is 0 Å². The SMILES string of the molecule is CC1(C(=O)NCC(N)=S)CCCCC1. The van der Waals surface area contributed by atoms with Crippen molar-refractivity contribution in [2.24, 2.45) is 11.1 Å². The van der Waals surface area contributed by atoms with Crippen molar-refractivity contribution in [3.05, 3.63) is 0 Å². The second-order valence-electron chi connectivity index (χ2n) is 4.27. The van der Waals surface area contributed by atoms with Gasteiger partial charge in [0.25, 0.3) is 0 Å². The van der Waals surface area contributed by atoms with Crippen molar-refractivity contribution in [2.45, 2.75) is 39.0 Å². The minimum atomic E-state index is -0.191. The van der Waals surface area contributed by atoms with Gasteiger partial charge in [0.2, 0.25) is 5.91 Å². The van der Waals surface area contributed by atoms with Crippen LogP contribution in [0.2, 0.25) is 0 Å². The van der Waals surface area contributed by atoms with Crippen molar-refractivity contribution < 1.29 is 4.79 Å². The lowest BCUT2D eigenvalue weighted by Gasteiger charge is -2.31. The van der Waals surface area contributed by atoms with Crippen LogP contribution < -0.4 is 11.1 Å². The molecule has 0 radical (unpaired) electrons. The van der Waals surface area contributed by atoms with Gasteiger partial charge >= 0.3 is 0 Å². The third kappa shape index (κ3) is 2.94. The molecule has 4 heteroatoms. The first-order valence-corrected chi connectivity index (χ1v) is 5.52. The molecule has 0 aromatic carbocycles. The Morgan fingerprint density at radius 2 is 2.00 bits per heavy atom. The van der Waals surface area contributed by atoms with Crippen molar-refractivity contribution in [1.82, 2.24) is 5.32 Å². The van der Waals surface area contributed by atoms with E-state index in [-0.39, 0.29) is 11.3 Å². The molecule has 0 spiro atoms. The number of hydrogen-bond donors (Lipinski definition) is 2. The molecule has 1 amide bonds. The highest BCUT2D eigenvalue weighted by Gasteiger charge is 2.34. The molecular weight excluding hydrogens is 196 g/mol. The fourth-order valence-electron chi connectivity index (χ4n) is 1.94. The van der Waals surface area contributed by atoms with Crippen LogP contribution in [0.3, 0.4) is 0 Å². The van der Waals surface area contributed by atoms with E-state index in [0.29, 0.717) is 11.5 Å². The zero-order valence-electron chi connectivity index (χ0n) is 8.64. The fourth-order valence-corrected chi connectivity index (χ4v) is 2.01. The second-order valence-corrected chi connectivity index (χ2v) is 4.79. The minimum absolute atomic E-state index is 0.102. The van der Waals surface area contributed by atoms with Crippen LogP contribution in [0.15, 0.2) is 0 Å². The average molecular weight is 214 g/mol. The molecule has 1 rings (SSSR count). The number of carbonyl (C=O) groups is 1. The monoisotopic (exact) mass is 214 g/mol. The summed E-state index contributed by atoms with van der Waals surface area (Å²) in [7, 11) is 0. The lowest BCUT2D eigenvalue weighted by atomic mass is 9.75. The van der Waals surface area contributed by atoms with Gasteiger partial charge in [0.1, 0.15) is 0 Å². The highest BCUT2D eigenvalue weighted by atomic mass is 32.1. The summed E-state index contributed by atoms with van der Waals surface area (Å²) >= 11 is 4.71. The van der Waals surface area contributed by atoms with E-state index in [1.165, 1.54) is 6.42 Å². The second kappa shape index (κ2) is 4.73. The first kappa shape index (κ1) is 11.4. The van der Waals surface area contributed by atoms with Crippen LogP contribution in [0.25, 0.3) is 0 Å². The maximum absolute atomic E-state index is 11.8. The summed E-state index contributed by atoms with van der Waals surface area (Å²) in [6, 6.07) is 0. The van der Waals surface area contributed by atoms with Gasteiger partial charge < -0.3 is 11.1 Å². The van der Waals surface area contributed by atoms with Crippen LogP contribution in [0.1, 0.15) is 39.0 Å². The third-order valence-corrected chi connectivity index (χ3v) is 3.07. The topological polar surface area (TPSA) is 55.1 Å². The molecule has 0 aliphatic heterocycles. The van der Waals surface area contributed by atoms with Crippen LogP contribution in [0, 0.1) is 5.41 Å². The lowest BCUT2D eigenvalue weighted by molar-refractivity contribution is -0.131. The number of hydrogen-bond acceptors (Lipinski definition) is 2. The Balaban J connectivity index is 2.45. The highest BCUT2D eigenvalue weighted by molar-refractivity contribution is 7.80. The zero-order valence-corrected chi connectivity index (χ0v) is 9.45. The van der Waals surface area contributed by atoms with Gasteiger partial charge in [-0.05, 0) is 12.8 Å². The molecule has 1 aliphatic rings. The van der Waals surface area contributed by atoms with Crippen LogP contribution in [0.4, 0.5) is 0 Å². The van der Waals surface area contributed by atoms with Gasteiger partial charge in [0, 0.05) is 5.41 Å². The predicted molar refractivity (Wildman–Crippen MR) is 61.0 cm³/mol. The molecule has 0 aromatic rings. The minimum Gasteiger partial charge on any atom is -0.392 e. The van der Waals surface area contributed by atoms with E-state index < -0.39 is 0 Å². The van der Waals surface area contributed by atoms with Gasteiger partial charge in [0.05, 0.1) is 11.5 Å². The van der Waals surface area contributed by atoms with Gasteiger partial charge in [-0.3, -0.25) is 4.79 Å². The Morgan fingerprint density at radius 1 is 1.43 bits per heavy atom. The van der Waals surface area contributed by atoms with E-state index in [2.05, 4.69) is 5.32 Å².